The van der Waals surface area contributed by atoms with Crippen LogP contribution < -0.4 is 5.43 Å². The molecule has 2 rings (SSSR count). The molecule has 0 atom stereocenters. The van der Waals surface area contributed by atoms with E-state index < -0.39 is 31.7 Å². The number of carbonyl (C=O) groups is 1. The number of sulfonamides is 1. The number of hydrogen-bond acceptors (Lipinski definition) is 4. The van der Waals surface area contributed by atoms with Crippen molar-refractivity contribution in [1.29, 1.82) is 0 Å². The molecular weight excluding hydrogens is 395 g/mol. The van der Waals surface area contributed by atoms with Crippen molar-refractivity contribution in [2.45, 2.75) is 23.9 Å². The van der Waals surface area contributed by atoms with E-state index in [9.17, 15) is 26.4 Å². The van der Waals surface area contributed by atoms with Gasteiger partial charge < -0.3 is 0 Å². The van der Waals surface area contributed by atoms with Crippen molar-refractivity contribution in [3.05, 3.63) is 28.8 Å². The maximum absolute atomic E-state index is 13.0. The van der Waals surface area contributed by atoms with E-state index in [4.69, 9.17) is 11.6 Å². The minimum Gasteiger partial charge on any atom is -0.289 e. The number of nitrogens with zero attached hydrogens (tertiary/aromatic N) is 2. The molecule has 1 fully saturated rings. The fourth-order valence-corrected chi connectivity index (χ4v) is 4.42. The van der Waals surface area contributed by atoms with Crippen molar-refractivity contribution in [3.8, 4) is 0 Å². The Morgan fingerprint density at radius 1 is 1.27 bits per heavy atom. The summed E-state index contributed by atoms with van der Waals surface area (Å²) in [7, 11) is -0.775. The molecule has 1 aromatic carbocycles. The molecule has 1 aliphatic heterocycles. The van der Waals surface area contributed by atoms with Crippen LogP contribution in [-0.4, -0.2) is 50.8 Å². The number of benzene rings is 1. The van der Waals surface area contributed by atoms with Crippen molar-refractivity contribution >= 4 is 27.5 Å². The predicted octanol–water partition coefficient (Wildman–Crippen LogP) is 2.35. The molecule has 0 unspecified atom stereocenters. The Kier molecular flexibility index (Phi) is 6.21. The van der Waals surface area contributed by atoms with Gasteiger partial charge in [0.15, 0.2) is 0 Å². The summed E-state index contributed by atoms with van der Waals surface area (Å²) < 4.78 is 65.3. The summed E-state index contributed by atoms with van der Waals surface area (Å²) in [4.78, 5) is 11.5. The van der Waals surface area contributed by atoms with Crippen LogP contribution in [0.15, 0.2) is 23.1 Å². The molecule has 0 saturated carbocycles. The van der Waals surface area contributed by atoms with Crippen molar-refractivity contribution in [3.63, 3.8) is 0 Å². The van der Waals surface area contributed by atoms with Gasteiger partial charge in [-0.1, -0.05) is 11.6 Å². The van der Waals surface area contributed by atoms with Crippen LogP contribution in [0.2, 0.25) is 5.02 Å². The number of alkyl halides is 3. The third-order valence-electron chi connectivity index (χ3n) is 4.04. The van der Waals surface area contributed by atoms with E-state index in [0.717, 1.165) is 16.4 Å². The lowest BCUT2D eigenvalue weighted by Gasteiger charge is -2.31. The van der Waals surface area contributed by atoms with Crippen LogP contribution >= 0.6 is 11.6 Å². The van der Waals surface area contributed by atoms with Crippen LogP contribution in [0.3, 0.4) is 0 Å². The number of rotatable bonds is 4. The zero-order valence-corrected chi connectivity index (χ0v) is 15.7. The molecule has 1 aromatic rings. The quantitative estimate of drug-likeness (QED) is 0.769. The molecular formula is C15H19ClF3N3O3S. The standard InChI is InChI=1S/C15H19ClF3N3O3S/c1-21(2)20-14(23)10-5-7-22(8-6-10)26(24,25)11-3-4-13(16)12(9-11)15(17,18)19/h3-4,9-10H,5-8H2,1-2H3,(H,20,23). The van der Waals surface area contributed by atoms with E-state index >= 15 is 0 Å². The largest absolute Gasteiger partial charge is 0.417 e. The van der Waals surface area contributed by atoms with Gasteiger partial charge in [-0.05, 0) is 31.0 Å². The van der Waals surface area contributed by atoms with Crippen LogP contribution in [0.4, 0.5) is 13.2 Å². The third-order valence-corrected chi connectivity index (χ3v) is 6.26. The van der Waals surface area contributed by atoms with Gasteiger partial charge in [-0.25, -0.2) is 13.4 Å². The topological polar surface area (TPSA) is 69.7 Å². The highest BCUT2D eigenvalue weighted by atomic mass is 35.5. The van der Waals surface area contributed by atoms with Crippen molar-refractivity contribution in [1.82, 2.24) is 14.7 Å². The Labute approximate surface area is 154 Å². The zero-order chi connectivity index (χ0) is 19.7. The van der Waals surface area contributed by atoms with Gasteiger partial charge >= 0.3 is 6.18 Å². The van der Waals surface area contributed by atoms with Crippen LogP contribution in [0.5, 0.6) is 0 Å². The van der Waals surface area contributed by atoms with E-state index in [2.05, 4.69) is 5.43 Å². The molecule has 0 bridgehead atoms. The minimum absolute atomic E-state index is 0.0534. The minimum atomic E-state index is -4.75. The third kappa shape index (κ3) is 4.67. The maximum Gasteiger partial charge on any atom is 0.417 e. The van der Waals surface area contributed by atoms with Gasteiger partial charge in [-0.2, -0.15) is 17.5 Å². The molecule has 1 saturated heterocycles. The second-order valence-corrected chi connectivity index (χ2v) is 8.53. The molecule has 1 heterocycles. The SMILES string of the molecule is CN(C)NC(=O)C1CCN(S(=O)(=O)c2ccc(Cl)c(C(F)(F)F)c2)CC1. The predicted molar refractivity (Wildman–Crippen MR) is 89.8 cm³/mol. The van der Waals surface area contributed by atoms with Gasteiger partial charge in [0.25, 0.3) is 0 Å². The first-order valence-electron chi connectivity index (χ1n) is 7.77. The smallest absolute Gasteiger partial charge is 0.289 e. The Hall–Kier alpha value is -1.36. The molecule has 0 spiro atoms. The summed E-state index contributed by atoms with van der Waals surface area (Å²) in [5.41, 5.74) is 1.42. The number of piperidine rings is 1. The first kappa shape index (κ1) is 20.9. The van der Waals surface area contributed by atoms with Gasteiger partial charge in [0.05, 0.1) is 15.5 Å². The highest BCUT2D eigenvalue weighted by Gasteiger charge is 2.37. The zero-order valence-electron chi connectivity index (χ0n) is 14.2. The van der Waals surface area contributed by atoms with Gasteiger partial charge in [0, 0.05) is 33.1 Å². The van der Waals surface area contributed by atoms with E-state index in [-0.39, 0.29) is 24.9 Å². The van der Waals surface area contributed by atoms with Crippen molar-refractivity contribution in [2.75, 3.05) is 27.2 Å². The van der Waals surface area contributed by atoms with E-state index in [1.54, 1.807) is 14.1 Å². The highest BCUT2D eigenvalue weighted by Crippen LogP contribution is 2.36. The lowest BCUT2D eigenvalue weighted by atomic mass is 9.98. The second-order valence-electron chi connectivity index (χ2n) is 6.19. The van der Waals surface area contributed by atoms with Gasteiger partial charge in [-0.3, -0.25) is 10.2 Å². The average Bonchev–Trinajstić information content (AvgIpc) is 2.53. The Morgan fingerprint density at radius 2 is 1.85 bits per heavy atom. The number of carbonyl (C=O) groups excluding carboxylic acids is 1. The fraction of sp³-hybridized carbons (Fsp3) is 0.533. The van der Waals surface area contributed by atoms with Crippen molar-refractivity contribution < 1.29 is 26.4 Å². The average molecular weight is 414 g/mol. The lowest BCUT2D eigenvalue weighted by molar-refractivity contribution is -0.137. The fourth-order valence-electron chi connectivity index (χ4n) is 2.70. The van der Waals surface area contributed by atoms with Crippen LogP contribution in [0, 0.1) is 5.92 Å². The molecule has 1 amide bonds. The summed E-state index contributed by atoms with van der Waals surface area (Å²) in [5, 5.41) is 0.938. The van der Waals surface area contributed by atoms with Gasteiger partial charge in [0.2, 0.25) is 15.9 Å². The number of nitrogens with one attached hydrogen (secondary N) is 1. The molecule has 1 aliphatic rings. The van der Waals surface area contributed by atoms with E-state index in [1.807, 2.05) is 0 Å². The normalized spacial score (nSPS) is 17.5. The molecule has 11 heteroatoms. The summed E-state index contributed by atoms with van der Waals surface area (Å²) >= 11 is 5.54. The molecule has 26 heavy (non-hydrogen) atoms. The number of hydrazine groups is 1. The van der Waals surface area contributed by atoms with Crippen molar-refractivity contribution in [2.24, 2.45) is 5.92 Å². The summed E-state index contributed by atoms with van der Waals surface area (Å²) in [5.74, 6) is -0.558. The first-order chi connectivity index (χ1) is 11.9. The van der Waals surface area contributed by atoms with Crippen LogP contribution in [0.1, 0.15) is 18.4 Å². The molecule has 1 N–H and O–H groups in total. The maximum atomic E-state index is 13.0. The van der Waals surface area contributed by atoms with E-state index in [0.29, 0.717) is 18.9 Å². The van der Waals surface area contributed by atoms with Crippen LogP contribution in [-0.2, 0) is 21.0 Å². The summed E-state index contributed by atoms with van der Waals surface area (Å²) in [6, 6.07) is 2.52. The second kappa shape index (κ2) is 7.71. The lowest BCUT2D eigenvalue weighted by Crippen LogP contribution is -2.46. The number of halogens is 4. The van der Waals surface area contributed by atoms with Gasteiger partial charge in [0.1, 0.15) is 0 Å². The molecule has 0 aromatic heterocycles. The monoisotopic (exact) mass is 413 g/mol. The molecule has 6 nitrogen and oxygen atoms in total. The molecule has 0 radical (unpaired) electrons. The summed E-state index contributed by atoms with van der Waals surface area (Å²) in [6.07, 6.45) is -4.17. The van der Waals surface area contributed by atoms with Gasteiger partial charge in [-0.15, -0.1) is 0 Å². The highest BCUT2D eigenvalue weighted by molar-refractivity contribution is 7.89. The Balaban J connectivity index is 2.16. The first-order valence-corrected chi connectivity index (χ1v) is 9.59. The summed E-state index contributed by atoms with van der Waals surface area (Å²) in [6.45, 7) is 0.107. The van der Waals surface area contributed by atoms with E-state index in [1.165, 1.54) is 5.01 Å². The number of amides is 1. The Bertz CT molecular complexity index is 776. The molecule has 0 aliphatic carbocycles. The number of hydrogen-bond donors (Lipinski definition) is 1. The Morgan fingerprint density at radius 3 is 2.35 bits per heavy atom. The molecule has 146 valence electrons. The van der Waals surface area contributed by atoms with Crippen LogP contribution in [0.25, 0.3) is 0 Å².